The van der Waals surface area contributed by atoms with Crippen molar-refractivity contribution in [3.8, 4) is 0 Å². The number of fused-ring (bicyclic) bond motifs is 1. The summed E-state index contributed by atoms with van der Waals surface area (Å²) in [6.45, 7) is 5.88. The van der Waals surface area contributed by atoms with Gasteiger partial charge in [0.25, 0.3) is 11.8 Å². The third-order valence-electron chi connectivity index (χ3n) is 6.76. The Labute approximate surface area is 250 Å². The van der Waals surface area contributed by atoms with E-state index in [2.05, 4.69) is 5.32 Å². The predicted molar refractivity (Wildman–Crippen MR) is 160 cm³/mol. The van der Waals surface area contributed by atoms with Gasteiger partial charge in [0.15, 0.2) is 0 Å². The van der Waals surface area contributed by atoms with Crippen molar-refractivity contribution in [1.82, 2.24) is 15.1 Å². The van der Waals surface area contributed by atoms with Crippen LogP contribution in [0.25, 0.3) is 0 Å². The monoisotopic (exact) mass is 593 g/mol. The molecule has 0 fully saturated rings. The number of amides is 4. The smallest absolute Gasteiger partial charge is 0.261 e. The highest BCUT2D eigenvalue weighted by molar-refractivity contribution is 6.42. The van der Waals surface area contributed by atoms with E-state index in [9.17, 15) is 19.2 Å². The molecule has 7 nitrogen and oxygen atoms in total. The molecule has 0 unspecified atom stereocenters. The molecular weight excluding hydrogens is 561 g/mol. The fourth-order valence-corrected chi connectivity index (χ4v) is 5.14. The van der Waals surface area contributed by atoms with E-state index < -0.39 is 11.6 Å². The molecule has 0 saturated heterocycles. The van der Waals surface area contributed by atoms with Crippen molar-refractivity contribution in [3.63, 3.8) is 0 Å². The standard InChI is InChI=1S/C32H33Cl2N3O4/c1-32(2,3)35-29(39)27(19-21-10-5-4-6-11-21)37(20-22-15-16-25(33)26(34)18-22)28(38)14-9-17-36-30(40)23-12-7-8-13-24(23)31(36)41/h4-8,10-13,15-16,18,27H,9,14,17,19-20H2,1-3H3,(H,35,39)/t27-/m0/s1. The summed E-state index contributed by atoms with van der Waals surface area (Å²) in [4.78, 5) is 55.8. The van der Waals surface area contributed by atoms with Gasteiger partial charge in [-0.2, -0.15) is 0 Å². The first-order chi connectivity index (χ1) is 19.4. The van der Waals surface area contributed by atoms with Crippen LogP contribution in [0.1, 0.15) is 65.5 Å². The first-order valence-electron chi connectivity index (χ1n) is 13.5. The maximum Gasteiger partial charge on any atom is 0.261 e. The van der Waals surface area contributed by atoms with Crippen molar-refractivity contribution in [2.24, 2.45) is 0 Å². The van der Waals surface area contributed by atoms with Crippen LogP contribution < -0.4 is 5.32 Å². The van der Waals surface area contributed by atoms with E-state index in [0.717, 1.165) is 11.1 Å². The van der Waals surface area contributed by atoms with Gasteiger partial charge in [0.1, 0.15) is 6.04 Å². The summed E-state index contributed by atoms with van der Waals surface area (Å²) < 4.78 is 0. The van der Waals surface area contributed by atoms with E-state index in [-0.39, 0.29) is 49.6 Å². The number of carbonyl (C=O) groups is 4. The second kappa shape index (κ2) is 12.9. The average Bonchev–Trinajstić information content (AvgIpc) is 3.17. The SMILES string of the molecule is CC(C)(C)NC(=O)[C@H](Cc1ccccc1)N(Cc1ccc(Cl)c(Cl)c1)C(=O)CCCN1C(=O)c2ccccc2C1=O. The fourth-order valence-electron chi connectivity index (χ4n) is 4.82. The molecule has 1 N–H and O–H groups in total. The van der Waals surface area contributed by atoms with Crippen LogP contribution in [0.4, 0.5) is 0 Å². The van der Waals surface area contributed by atoms with Crippen molar-refractivity contribution >= 4 is 46.8 Å². The molecule has 4 rings (SSSR count). The summed E-state index contributed by atoms with van der Waals surface area (Å²) in [5.74, 6) is -1.29. The quantitative estimate of drug-likeness (QED) is 0.295. The minimum Gasteiger partial charge on any atom is -0.350 e. The van der Waals surface area contributed by atoms with Gasteiger partial charge >= 0.3 is 0 Å². The van der Waals surface area contributed by atoms with Crippen LogP contribution in [-0.4, -0.2) is 51.6 Å². The Bertz CT molecular complexity index is 1420. The normalized spacial score (nSPS) is 13.6. The molecule has 0 bridgehead atoms. The number of nitrogens with zero attached hydrogens (tertiary/aromatic N) is 2. The molecule has 3 aromatic rings. The lowest BCUT2D eigenvalue weighted by Crippen LogP contribution is -2.54. The minimum absolute atomic E-state index is 0.0306. The highest BCUT2D eigenvalue weighted by Gasteiger charge is 2.36. The molecule has 1 aliphatic heterocycles. The van der Waals surface area contributed by atoms with Gasteiger partial charge in [-0.1, -0.05) is 71.7 Å². The van der Waals surface area contributed by atoms with Gasteiger partial charge in [-0.25, -0.2) is 0 Å². The van der Waals surface area contributed by atoms with E-state index in [1.807, 2.05) is 51.1 Å². The third-order valence-corrected chi connectivity index (χ3v) is 7.50. The van der Waals surface area contributed by atoms with E-state index >= 15 is 0 Å². The first-order valence-corrected chi connectivity index (χ1v) is 14.2. The van der Waals surface area contributed by atoms with Crippen molar-refractivity contribution < 1.29 is 19.2 Å². The second-order valence-electron chi connectivity index (χ2n) is 11.1. The number of hydrogen-bond donors (Lipinski definition) is 1. The zero-order valence-corrected chi connectivity index (χ0v) is 24.8. The molecule has 41 heavy (non-hydrogen) atoms. The number of carbonyl (C=O) groups excluding carboxylic acids is 4. The van der Waals surface area contributed by atoms with Gasteiger partial charge in [0.2, 0.25) is 11.8 Å². The molecule has 1 aliphatic rings. The largest absolute Gasteiger partial charge is 0.350 e. The lowest BCUT2D eigenvalue weighted by molar-refractivity contribution is -0.142. The number of nitrogens with one attached hydrogen (secondary N) is 1. The van der Waals surface area contributed by atoms with Gasteiger partial charge in [-0.05, 0) is 62.6 Å². The van der Waals surface area contributed by atoms with Crippen molar-refractivity contribution in [3.05, 3.63) is 105 Å². The molecule has 0 radical (unpaired) electrons. The molecule has 0 aliphatic carbocycles. The predicted octanol–water partition coefficient (Wildman–Crippen LogP) is 5.92. The molecule has 214 valence electrons. The number of benzene rings is 3. The molecule has 1 atom stereocenters. The highest BCUT2D eigenvalue weighted by atomic mass is 35.5. The van der Waals surface area contributed by atoms with Crippen LogP contribution in [-0.2, 0) is 22.6 Å². The summed E-state index contributed by atoms with van der Waals surface area (Å²) in [5, 5.41) is 3.76. The molecule has 0 aromatic heterocycles. The number of halogens is 2. The van der Waals surface area contributed by atoms with E-state index in [4.69, 9.17) is 23.2 Å². The van der Waals surface area contributed by atoms with Crippen LogP contribution in [0, 0.1) is 0 Å². The molecule has 9 heteroatoms. The molecule has 4 amide bonds. The van der Waals surface area contributed by atoms with Gasteiger partial charge in [0.05, 0.1) is 21.2 Å². The summed E-state index contributed by atoms with van der Waals surface area (Å²) in [6.07, 6.45) is 0.582. The Morgan fingerprint density at radius 1 is 0.854 bits per heavy atom. The van der Waals surface area contributed by atoms with E-state index in [1.54, 1.807) is 47.4 Å². The Morgan fingerprint density at radius 2 is 1.46 bits per heavy atom. The minimum atomic E-state index is -0.821. The summed E-state index contributed by atoms with van der Waals surface area (Å²) in [6, 6.07) is 20.5. The summed E-state index contributed by atoms with van der Waals surface area (Å²) in [5.41, 5.74) is 1.84. The van der Waals surface area contributed by atoms with Gasteiger partial charge in [0, 0.05) is 31.5 Å². The zero-order chi connectivity index (χ0) is 29.7. The Balaban J connectivity index is 1.58. The zero-order valence-electron chi connectivity index (χ0n) is 23.3. The fraction of sp³-hybridized carbons (Fsp3) is 0.312. The Hall–Kier alpha value is -3.68. The first kappa shape index (κ1) is 30.3. The van der Waals surface area contributed by atoms with Crippen LogP contribution in [0.5, 0.6) is 0 Å². The maximum absolute atomic E-state index is 13.9. The Kier molecular flexibility index (Phi) is 9.51. The Morgan fingerprint density at radius 3 is 2.05 bits per heavy atom. The van der Waals surface area contributed by atoms with Crippen molar-refractivity contribution in [2.45, 2.75) is 58.2 Å². The van der Waals surface area contributed by atoms with Crippen LogP contribution in [0.2, 0.25) is 10.0 Å². The lowest BCUT2D eigenvalue weighted by Gasteiger charge is -2.34. The molecule has 1 heterocycles. The third kappa shape index (κ3) is 7.54. The van der Waals surface area contributed by atoms with E-state index in [1.165, 1.54) is 4.90 Å². The molecular formula is C32H33Cl2N3O4. The second-order valence-corrected chi connectivity index (χ2v) is 11.9. The van der Waals surface area contributed by atoms with Gasteiger partial charge < -0.3 is 10.2 Å². The van der Waals surface area contributed by atoms with Crippen molar-refractivity contribution in [2.75, 3.05) is 6.54 Å². The molecule has 3 aromatic carbocycles. The van der Waals surface area contributed by atoms with E-state index in [0.29, 0.717) is 27.6 Å². The summed E-state index contributed by atoms with van der Waals surface area (Å²) in [7, 11) is 0. The maximum atomic E-state index is 13.9. The molecule has 0 saturated carbocycles. The summed E-state index contributed by atoms with van der Waals surface area (Å²) >= 11 is 12.4. The molecule has 0 spiro atoms. The number of imide groups is 1. The van der Waals surface area contributed by atoms with Crippen LogP contribution >= 0.6 is 23.2 Å². The van der Waals surface area contributed by atoms with Crippen LogP contribution in [0.15, 0.2) is 72.8 Å². The van der Waals surface area contributed by atoms with Crippen molar-refractivity contribution in [1.29, 1.82) is 0 Å². The van der Waals surface area contributed by atoms with Gasteiger partial charge in [-0.3, -0.25) is 24.1 Å². The number of rotatable bonds is 10. The average molecular weight is 595 g/mol. The number of hydrogen-bond acceptors (Lipinski definition) is 4. The highest BCUT2D eigenvalue weighted by Crippen LogP contribution is 2.26. The van der Waals surface area contributed by atoms with Crippen LogP contribution in [0.3, 0.4) is 0 Å². The lowest BCUT2D eigenvalue weighted by atomic mass is 10.00. The van der Waals surface area contributed by atoms with Gasteiger partial charge in [-0.15, -0.1) is 0 Å². The topological polar surface area (TPSA) is 86.8 Å².